The van der Waals surface area contributed by atoms with Crippen molar-refractivity contribution in [1.29, 1.82) is 0 Å². The third kappa shape index (κ3) is 3.99. The van der Waals surface area contributed by atoms with Crippen LogP contribution in [0.4, 0.5) is 0 Å². The molecule has 2 aromatic heterocycles. The van der Waals surface area contributed by atoms with Crippen LogP contribution in [0.1, 0.15) is 80.3 Å². The molecule has 156 valence electrons. The topological polar surface area (TPSA) is 64.7 Å². The third-order valence-electron chi connectivity index (χ3n) is 7.11. The van der Waals surface area contributed by atoms with Gasteiger partial charge >= 0.3 is 0 Å². The van der Waals surface area contributed by atoms with Crippen molar-refractivity contribution in [3.63, 3.8) is 0 Å². The van der Waals surface area contributed by atoms with Crippen LogP contribution in [-0.4, -0.2) is 31.6 Å². The van der Waals surface area contributed by atoms with Crippen LogP contribution in [0.15, 0.2) is 12.4 Å². The zero-order chi connectivity index (χ0) is 19.6. The van der Waals surface area contributed by atoms with Crippen molar-refractivity contribution in [3.05, 3.63) is 35.4 Å². The fraction of sp³-hybridized carbons (Fsp3) is 0.696. The minimum atomic E-state index is 0.0774. The first-order chi connectivity index (χ1) is 14.3. The zero-order valence-corrected chi connectivity index (χ0v) is 17.4. The molecule has 1 aliphatic carbocycles. The van der Waals surface area contributed by atoms with Gasteiger partial charge in [0.05, 0.1) is 5.69 Å². The lowest BCUT2D eigenvalue weighted by atomic mass is 9.88. The number of fused-ring (bicyclic) bond motifs is 2. The highest BCUT2D eigenvalue weighted by atomic mass is 16.1. The molecule has 1 fully saturated rings. The van der Waals surface area contributed by atoms with Crippen LogP contribution in [0.25, 0.3) is 0 Å². The van der Waals surface area contributed by atoms with Crippen molar-refractivity contribution in [1.82, 2.24) is 24.4 Å². The van der Waals surface area contributed by atoms with E-state index in [1.807, 2.05) is 6.20 Å². The Kier molecular flexibility index (Phi) is 5.42. The summed E-state index contributed by atoms with van der Waals surface area (Å²) in [4.78, 5) is 22.2. The van der Waals surface area contributed by atoms with Crippen LogP contribution in [0.5, 0.6) is 0 Å². The lowest BCUT2D eigenvalue weighted by Crippen LogP contribution is -2.36. The van der Waals surface area contributed by atoms with Gasteiger partial charge in [-0.2, -0.15) is 0 Å². The van der Waals surface area contributed by atoms with Crippen molar-refractivity contribution in [2.75, 3.05) is 6.54 Å². The van der Waals surface area contributed by atoms with E-state index in [4.69, 9.17) is 9.97 Å². The number of rotatable bonds is 5. The highest BCUT2D eigenvalue weighted by molar-refractivity contribution is 5.79. The van der Waals surface area contributed by atoms with E-state index in [-0.39, 0.29) is 11.8 Å². The summed E-state index contributed by atoms with van der Waals surface area (Å²) in [5.41, 5.74) is 2.36. The van der Waals surface area contributed by atoms with Crippen LogP contribution in [0.3, 0.4) is 0 Å². The minimum absolute atomic E-state index is 0.0774. The first-order valence-electron chi connectivity index (χ1n) is 11.6. The highest BCUT2D eigenvalue weighted by Crippen LogP contribution is 2.34. The molecule has 1 amide bonds. The molecule has 0 spiro atoms. The minimum Gasteiger partial charge on any atom is -0.355 e. The highest BCUT2D eigenvalue weighted by Gasteiger charge is 2.29. The molecule has 6 nitrogen and oxygen atoms in total. The molecular formula is C23H33N5O. The third-order valence-corrected chi connectivity index (χ3v) is 7.11. The van der Waals surface area contributed by atoms with E-state index in [2.05, 4.69) is 20.6 Å². The van der Waals surface area contributed by atoms with Gasteiger partial charge < -0.3 is 14.5 Å². The molecule has 5 rings (SSSR count). The lowest BCUT2D eigenvalue weighted by molar-refractivity contribution is -0.125. The molecule has 2 aliphatic heterocycles. The van der Waals surface area contributed by atoms with Gasteiger partial charge in [-0.25, -0.2) is 9.97 Å². The molecule has 0 unspecified atom stereocenters. The van der Waals surface area contributed by atoms with Gasteiger partial charge in [0, 0.05) is 68.8 Å². The van der Waals surface area contributed by atoms with E-state index in [1.54, 1.807) is 0 Å². The van der Waals surface area contributed by atoms with Gasteiger partial charge in [0.15, 0.2) is 0 Å². The number of aromatic nitrogens is 4. The van der Waals surface area contributed by atoms with Crippen LogP contribution < -0.4 is 5.32 Å². The molecule has 1 N–H and O–H groups in total. The molecule has 0 aromatic carbocycles. The molecule has 6 heteroatoms. The average Bonchev–Trinajstić information content (AvgIpc) is 3.37. The summed E-state index contributed by atoms with van der Waals surface area (Å²) in [5, 5.41) is 3.16. The van der Waals surface area contributed by atoms with Crippen LogP contribution >= 0.6 is 0 Å². The smallest absolute Gasteiger partial charge is 0.223 e. The first kappa shape index (κ1) is 18.9. The van der Waals surface area contributed by atoms with Crippen molar-refractivity contribution in [2.24, 2.45) is 5.92 Å². The SMILES string of the molecule is O=C(NCCc1cn2c(n1)CCCC2)[C@@H]1CCn2c(cnc2C2CCCCC2)C1. The van der Waals surface area contributed by atoms with Crippen molar-refractivity contribution in [3.8, 4) is 0 Å². The number of nitrogens with zero attached hydrogens (tertiary/aromatic N) is 4. The van der Waals surface area contributed by atoms with Gasteiger partial charge in [-0.3, -0.25) is 4.79 Å². The summed E-state index contributed by atoms with van der Waals surface area (Å²) < 4.78 is 4.70. The van der Waals surface area contributed by atoms with Gasteiger partial charge in [0.25, 0.3) is 0 Å². The Morgan fingerprint density at radius 1 is 1.10 bits per heavy atom. The van der Waals surface area contributed by atoms with E-state index in [9.17, 15) is 4.79 Å². The quantitative estimate of drug-likeness (QED) is 0.844. The van der Waals surface area contributed by atoms with Gasteiger partial charge in [0.2, 0.25) is 5.91 Å². The molecule has 1 saturated carbocycles. The van der Waals surface area contributed by atoms with Crippen molar-refractivity contribution >= 4 is 5.91 Å². The molecule has 2 aromatic rings. The number of carbonyl (C=O) groups excluding carboxylic acids is 1. The Labute approximate surface area is 173 Å². The van der Waals surface area contributed by atoms with E-state index in [1.165, 1.54) is 62.3 Å². The van der Waals surface area contributed by atoms with Crippen LogP contribution in [0.2, 0.25) is 0 Å². The Morgan fingerprint density at radius 2 is 2.00 bits per heavy atom. The predicted octanol–water partition coefficient (Wildman–Crippen LogP) is 3.38. The van der Waals surface area contributed by atoms with E-state index in [0.29, 0.717) is 12.5 Å². The maximum absolute atomic E-state index is 12.7. The molecule has 0 radical (unpaired) electrons. The Morgan fingerprint density at radius 3 is 2.86 bits per heavy atom. The molecule has 29 heavy (non-hydrogen) atoms. The molecule has 0 bridgehead atoms. The van der Waals surface area contributed by atoms with Crippen LogP contribution in [0, 0.1) is 5.92 Å². The molecule has 1 atom stereocenters. The fourth-order valence-electron chi connectivity index (χ4n) is 5.45. The number of hydrogen-bond donors (Lipinski definition) is 1. The second kappa shape index (κ2) is 8.33. The zero-order valence-electron chi connectivity index (χ0n) is 17.4. The fourth-order valence-corrected chi connectivity index (χ4v) is 5.45. The number of hydrogen-bond acceptors (Lipinski definition) is 3. The summed E-state index contributed by atoms with van der Waals surface area (Å²) in [6.45, 7) is 2.71. The van der Waals surface area contributed by atoms with Crippen molar-refractivity contribution < 1.29 is 4.79 Å². The lowest BCUT2D eigenvalue weighted by Gasteiger charge is -2.27. The van der Waals surface area contributed by atoms with Gasteiger partial charge in [-0.05, 0) is 32.1 Å². The average molecular weight is 396 g/mol. The summed E-state index contributed by atoms with van der Waals surface area (Å²) in [7, 11) is 0. The summed E-state index contributed by atoms with van der Waals surface area (Å²) in [6.07, 6.45) is 16.9. The first-order valence-corrected chi connectivity index (χ1v) is 11.6. The summed E-state index contributed by atoms with van der Waals surface area (Å²) in [5.74, 6) is 3.40. The monoisotopic (exact) mass is 395 g/mol. The van der Waals surface area contributed by atoms with Crippen molar-refractivity contribution in [2.45, 2.75) is 89.6 Å². The maximum Gasteiger partial charge on any atom is 0.223 e. The second-order valence-corrected chi connectivity index (χ2v) is 9.12. The van der Waals surface area contributed by atoms with E-state index in [0.717, 1.165) is 44.5 Å². The number of imidazole rings is 2. The predicted molar refractivity (Wildman–Crippen MR) is 112 cm³/mol. The molecule has 0 saturated heterocycles. The molecule has 4 heterocycles. The molecular weight excluding hydrogens is 362 g/mol. The van der Waals surface area contributed by atoms with E-state index < -0.39 is 0 Å². The van der Waals surface area contributed by atoms with Crippen LogP contribution in [-0.2, 0) is 37.1 Å². The summed E-state index contributed by atoms with van der Waals surface area (Å²) in [6, 6.07) is 0. The normalized spacial score (nSPS) is 22.1. The maximum atomic E-state index is 12.7. The summed E-state index contributed by atoms with van der Waals surface area (Å²) >= 11 is 0. The Balaban J connectivity index is 1.14. The number of aryl methyl sites for hydroxylation is 2. The number of carbonyl (C=O) groups is 1. The largest absolute Gasteiger partial charge is 0.355 e. The number of nitrogens with one attached hydrogen (secondary N) is 1. The standard InChI is InChI=1S/C23H33N5O/c29-23(24-11-9-19-16-27-12-5-4-8-21(27)26-19)18-10-13-28-20(14-18)15-25-22(28)17-6-2-1-3-7-17/h15-18H,1-14H2,(H,24,29)/t18-/m1/s1. The van der Waals surface area contributed by atoms with E-state index >= 15 is 0 Å². The Bertz CT molecular complexity index is 837. The second-order valence-electron chi connectivity index (χ2n) is 9.12. The Hall–Kier alpha value is -2.11. The molecule has 3 aliphatic rings. The van der Waals surface area contributed by atoms with Gasteiger partial charge in [-0.15, -0.1) is 0 Å². The van der Waals surface area contributed by atoms with Gasteiger partial charge in [0.1, 0.15) is 11.6 Å². The van der Waals surface area contributed by atoms with Gasteiger partial charge in [-0.1, -0.05) is 19.3 Å². The number of amides is 1.